The van der Waals surface area contributed by atoms with Crippen molar-refractivity contribution < 1.29 is 9.59 Å². The zero-order chi connectivity index (χ0) is 13.2. The zero-order valence-electron chi connectivity index (χ0n) is 11.4. The van der Waals surface area contributed by atoms with Crippen molar-refractivity contribution in [3.05, 3.63) is 12.2 Å². The van der Waals surface area contributed by atoms with E-state index in [0.717, 1.165) is 38.8 Å². The Morgan fingerprint density at radius 1 is 1.00 bits per heavy atom. The first-order valence-electron chi connectivity index (χ1n) is 7.47. The van der Waals surface area contributed by atoms with Crippen LogP contribution in [-0.4, -0.2) is 47.8 Å². The molecule has 2 aliphatic carbocycles. The number of nitrogens with zero attached hydrogens (tertiary/aromatic N) is 2. The van der Waals surface area contributed by atoms with Crippen LogP contribution in [0, 0.1) is 11.8 Å². The minimum atomic E-state index is 0.259. The van der Waals surface area contributed by atoms with E-state index in [9.17, 15) is 9.59 Å². The van der Waals surface area contributed by atoms with Crippen molar-refractivity contribution in [2.75, 3.05) is 26.2 Å². The first kappa shape index (κ1) is 12.7. The van der Waals surface area contributed by atoms with E-state index in [1.807, 2.05) is 9.80 Å². The molecule has 0 spiro atoms. The Morgan fingerprint density at radius 2 is 1.68 bits per heavy atom. The molecular formula is C15H22N2O2. The molecule has 19 heavy (non-hydrogen) atoms. The molecule has 2 amide bonds. The lowest BCUT2D eigenvalue weighted by Gasteiger charge is -2.35. The lowest BCUT2D eigenvalue weighted by molar-refractivity contribution is -0.140. The van der Waals surface area contributed by atoms with Crippen molar-refractivity contribution in [2.45, 2.75) is 32.1 Å². The molecule has 1 aliphatic heterocycles. The summed E-state index contributed by atoms with van der Waals surface area (Å²) < 4.78 is 0. The van der Waals surface area contributed by atoms with Crippen LogP contribution in [0.3, 0.4) is 0 Å². The van der Waals surface area contributed by atoms with Gasteiger partial charge in [0.05, 0.1) is 0 Å². The fourth-order valence-corrected chi connectivity index (χ4v) is 2.98. The van der Waals surface area contributed by atoms with E-state index in [0.29, 0.717) is 37.3 Å². The summed E-state index contributed by atoms with van der Waals surface area (Å²) in [6.07, 6.45) is 9.34. The van der Waals surface area contributed by atoms with Gasteiger partial charge < -0.3 is 9.80 Å². The van der Waals surface area contributed by atoms with Gasteiger partial charge in [0.25, 0.3) is 0 Å². The molecule has 0 radical (unpaired) electrons. The fourth-order valence-electron chi connectivity index (χ4n) is 2.98. The highest BCUT2D eigenvalue weighted by molar-refractivity contribution is 5.82. The van der Waals surface area contributed by atoms with Gasteiger partial charge in [0.2, 0.25) is 11.8 Å². The van der Waals surface area contributed by atoms with Crippen LogP contribution in [0.1, 0.15) is 32.1 Å². The number of hydrogen-bond donors (Lipinski definition) is 0. The number of allylic oxidation sites excluding steroid dienone is 2. The molecule has 3 rings (SSSR count). The fraction of sp³-hybridized carbons (Fsp3) is 0.733. The van der Waals surface area contributed by atoms with Crippen molar-refractivity contribution in [3.63, 3.8) is 0 Å². The number of rotatable bonds is 3. The number of carbonyl (C=O) groups is 2. The van der Waals surface area contributed by atoms with Crippen LogP contribution < -0.4 is 0 Å². The Labute approximate surface area is 114 Å². The molecule has 0 bridgehead atoms. The van der Waals surface area contributed by atoms with Gasteiger partial charge in [-0.25, -0.2) is 0 Å². The normalized spacial score (nSPS) is 26.8. The summed E-state index contributed by atoms with van der Waals surface area (Å²) in [4.78, 5) is 28.0. The summed E-state index contributed by atoms with van der Waals surface area (Å²) in [7, 11) is 0. The molecule has 1 heterocycles. The van der Waals surface area contributed by atoms with Crippen molar-refractivity contribution in [1.82, 2.24) is 9.80 Å². The second kappa shape index (κ2) is 5.35. The number of hydrogen-bond acceptors (Lipinski definition) is 2. The third-order valence-corrected chi connectivity index (χ3v) is 4.42. The largest absolute Gasteiger partial charge is 0.339 e. The first-order chi connectivity index (χ1) is 9.24. The summed E-state index contributed by atoms with van der Waals surface area (Å²) in [5.74, 6) is 1.31. The van der Waals surface area contributed by atoms with Crippen molar-refractivity contribution in [1.29, 1.82) is 0 Å². The highest BCUT2D eigenvalue weighted by atomic mass is 16.2. The number of carbonyl (C=O) groups excluding carboxylic acids is 2. The lowest BCUT2D eigenvalue weighted by Crippen LogP contribution is -2.51. The third kappa shape index (κ3) is 2.99. The van der Waals surface area contributed by atoms with Gasteiger partial charge in [0.1, 0.15) is 0 Å². The maximum absolute atomic E-state index is 12.2. The van der Waals surface area contributed by atoms with Crippen LogP contribution >= 0.6 is 0 Å². The minimum absolute atomic E-state index is 0.259. The lowest BCUT2D eigenvalue weighted by atomic mass is 10.0. The minimum Gasteiger partial charge on any atom is -0.339 e. The van der Waals surface area contributed by atoms with Gasteiger partial charge in [-0.3, -0.25) is 9.59 Å². The van der Waals surface area contributed by atoms with Crippen LogP contribution in [0.2, 0.25) is 0 Å². The molecule has 0 aromatic heterocycles. The summed E-state index contributed by atoms with van der Waals surface area (Å²) >= 11 is 0. The van der Waals surface area contributed by atoms with Gasteiger partial charge in [0, 0.05) is 38.5 Å². The van der Waals surface area contributed by atoms with Gasteiger partial charge in [-0.2, -0.15) is 0 Å². The van der Waals surface area contributed by atoms with Gasteiger partial charge in [0.15, 0.2) is 0 Å². The summed E-state index contributed by atoms with van der Waals surface area (Å²) in [6.45, 7) is 2.88. The Balaban J connectivity index is 1.45. The molecule has 2 fully saturated rings. The van der Waals surface area contributed by atoms with E-state index in [1.165, 1.54) is 0 Å². The van der Waals surface area contributed by atoms with Crippen LogP contribution in [-0.2, 0) is 9.59 Å². The molecule has 1 saturated heterocycles. The maximum Gasteiger partial charge on any atom is 0.225 e. The SMILES string of the molecule is O=C(CC1C=CCC1)N1CCN(C(=O)C2CC2)CC1. The second-order valence-electron chi connectivity index (χ2n) is 5.95. The Bertz CT molecular complexity index is 393. The Morgan fingerprint density at radius 3 is 2.26 bits per heavy atom. The van der Waals surface area contributed by atoms with Gasteiger partial charge in [-0.1, -0.05) is 12.2 Å². The molecule has 1 saturated carbocycles. The van der Waals surface area contributed by atoms with Gasteiger partial charge >= 0.3 is 0 Å². The van der Waals surface area contributed by atoms with Crippen LogP contribution in [0.5, 0.6) is 0 Å². The number of amides is 2. The quantitative estimate of drug-likeness (QED) is 0.722. The molecule has 0 N–H and O–H groups in total. The third-order valence-electron chi connectivity index (χ3n) is 4.42. The predicted octanol–water partition coefficient (Wildman–Crippen LogP) is 1.42. The maximum atomic E-state index is 12.2. The smallest absolute Gasteiger partial charge is 0.225 e. The molecule has 0 aromatic rings. The molecule has 1 atom stereocenters. The zero-order valence-corrected chi connectivity index (χ0v) is 11.4. The Kier molecular flexibility index (Phi) is 3.58. The number of piperazine rings is 1. The van der Waals surface area contributed by atoms with E-state index in [4.69, 9.17) is 0 Å². The molecule has 4 nitrogen and oxygen atoms in total. The first-order valence-corrected chi connectivity index (χ1v) is 7.47. The Hall–Kier alpha value is -1.32. The van der Waals surface area contributed by atoms with Gasteiger partial charge in [-0.15, -0.1) is 0 Å². The molecule has 4 heteroatoms. The van der Waals surface area contributed by atoms with Gasteiger partial charge in [-0.05, 0) is 31.6 Å². The van der Waals surface area contributed by atoms with E-state index in [-0.39, 0.29) is 5.91 Å². The standard InChI is InChI=1S/C15H22N2O2/c18-14(11-12-3-1-2-4-12)16-7-9-17(10-8-16)15(19)13-5-6-13/h1,3,12-13H,2,4-11H2. The molecule has 3 aliphatic rings. The van der Waals surface area contributed by atoms with E-state index < -0.39 is 0 Å². The van der Waals surface area contributed by atoms with E-state index in [1.54, 1.807) is 0 Å². The summed E-state index contributed by atoms with van der Waals surface area (Å²) in [5.41, 5.74) is 0. The average Bonchev–Trinajstić information content (AvgIpc) is 3.17. The second-order valence-corrected chi connectivity index (χ2v) is 5.95. The van der Waals surface area contributed by atoms with Crippen molar-refractivity contribution in [3.8, 4) is 0 Å². The van der Waals surface area contributed by atoms with Crippen molar-refractivity contribution >= 4 is 11.8 Å². The van der Waals surface area contributed by atoms with Crippen molar-refractivity contribution in [2.24, 2.45) is 11.8 Å². The van der Waals surface area contributed by atoms with Crippen LogP contribution in [0.4, 0.5) is 0 Å². The van der Waals surface area contributed by atoms with E-state index >= 15 is 0 Å². The highest BCUT2D eigenvalue weighted by Gasteiger charge is 2.35. The molecular weight excluding hydrogens is 240 g/mol. The monoisotopic (exact) mass is 262 g/mol. The highest BCUT2D eigenvalue weighted by Crippen LogP contribution is 2.31. The average molecular weight is 262 g/mol. The summed E-state index contributed by atoms with van der Waals surface area (Å²) in [6, 6.07) is 0. The topological polar surface area (TPSA) is 40.6 Å². The predicted molar refractivity (Wildman–Crippen MR) is 72.4 cm³/mol. The summed E-state index contributed by atoms with van der Waals surface area (Å²) in [5, 5.41) is 0. The molecule has 0 aromatic carbocycles. The van der Waals surface area contributed by atoms with Crippen LogP contribution in [0.15, 0.2) is 12.2 Å². The van der Waals surface area contributed by atoms with Crippen LogP contribution in [0.25, 0.3) is 0 Å². The molecule has 1 unspecified atom stereocenters. The molecule has 104 valence electrons. The van der Waals surface area contributed by atoms with E-state index in [2.05, 4.69) is 12.2 Å².